The van der Waals surface area contributed by atoms with Gasteiger partial charge in [0, 0.05) is 16.8 Å². The Morgan fingerprint density at radius 2 is 2.28 bits per heavy atom. The van der Waals surface area contributed by atoms with Crippen molar-refractivity contribution in [2.24, 2.45) is 11.3 Å². The van der Waals surface area contributed by atoms with E-state index in [9.17, 15) is 14.9 Å². The van der Waals surface area contributed by atoms with Crippen LogP contribution >= 0.6 is 0 Å². The van der Waals surface area contributed by atoms with Crippen LogP contribution in [0.4, 0.5) is 0 Å². The number of hydrogen-bond acceptors (Lipinski definition) is 5. The molecule has 0 aromatic heterocycles. The molecule has 0 N–H and O–H groups in total. The van der Waals surface area contributed by atoms with Crippen LogP contribution in [0, 0.1) is 45.1 Å². The number of rotatable bonds is 7. The Labute approximate surface area is 106 Å². The molecule has 0 bridgehead atoms. The van der Waals surface area contributed by atoms with Crippen LogP contribution in [0.25, 0.3) is 0 Å². The van der Waals surface area contributed by atoms with Gasteiger partial charge < -0.3 is 4.74 Å². The molecule has 0 saturated carbocycles. The summed E-state index contributed by atoms with van der Waals surface area (Å²) in [6.45, 7) is 1.24. The first-order valence-electron chi connectivity index (χ1n) is 5.43. The Morgan fingerprint density at radius 3 is 2.67 bits per heavy atom. The smallest absolute Gasteiger partial charge is 0.306 e. The van der Waals surface area contributed by atoms with Gasteiger partial charge in [-0.2, -0.15) is 5.26 Å². The molecule has 98 valence electrons. The number of nitro groups is 1. The first-order valence-corrected chi connectivity index (χ1v) is 5.43. The molecule has 0 fully saturated rings. The molecule has 6 heteroatoms. The second kappa shape index (κ2) is 7.29. The van der Waals surface area contributed by atoms with Gasteiger partial charge in [-0.3, -0.25) is 14.9 Å². The number of methoxy groups -OCH3 is 1. The molecule has 0 aromatic rings. The standard InChI is InChI=1S/C12H16N2O4/c1-4-12(2,6-5-7-13)10(9-14(16)17)8-11(15)18-3/h1,10H,5-6,8-9H2,2-3H3/t10-,12+/m0/s1. The van der Waals surface area contributed by atoms with E-state index in [1.807, 2.05) is 6.07 Å². The number of nitrogens with zero attached hydrogens (tertiary/aromatic N) is 2. The predicted molar refractivity (Wildman–Crippen MR) is 63.8 cm³/mol. The van der Waals surface area contributed by atoms with Crippen molar-refractivity contribution in [2.75, 3.05) is 13.7 Å². The highest BCUT2D eigenvalue weighted by Gasteiger charge is 2.37. The van der Waals surface area contributed by atoms with E-state index >= 15 is 0 Å². The number of nitriles is 1. The van der Waals surface area contributed by atoms with Gasteiger partial charge >= 0.3 is 5.97 Å². The van der Waals surface area contributed by atoms with E-state index in [4.69, 9.17) is 11.7 Å². The van der Waals surface area contributed by atoms with Crippen molar-refractivity contribution in [1.29, 1.82) is 5.26 Å². The van der Waals surface area contributed by atoms with Gasteiger partial charge in [-0.1, -0.05) is 5.92 Å². The van der Waals surface area contributed by atoms with E-state index in [1.54, 1.807) is 6.92 Å². The molecule has 18 heavy (non-hydrogen) atoms. The van der Waals surface area contributed by atoms with Crippen LogP contribution in [0.1, 0.15) is 26.2 Å². The van der Waals surface area contributed by atoms with E-state index in [1.165, 1.54) is 7.11 Å². The number of esters is 1. The highest BCUT2D eigenvalue weighted by atomic mass is 16.6. The summed E-state index contributed by atoms with van der Waals surface area (Å²) >= 11 is 0. The zero-order valence-corrected chi connectivity index (χ0v) is 10.5. The maximum absolute atomic E-state index is 11.3. The lowest BCUT2D eigenvalue weighted by Gasteiger charge is -2.29. The molecule has 0 heterocycles. The summed E-state index contributed by atoms with van der Waals surface area (Å²) < 4.78 is 4.51. The van der Waals surface area contributed by atoms with Crippen LogP contribution in [-0.4, -0.2) is 24.5 Å². The molecule has 0 aliphatic heterocycles. The Kier molecular flexibility index (Phi) is 6.44. The molecule has 0 aliphatic carbocycles. The van der Waals surface area contributed by atoms with Crippen LogP contribution in [0.3, 0.4) is 0 Å². The minimum Gasteiger partial charge on any atom is -0.469 e. The fraction of sp³-hybridized carbons (Fsp3) is 0.667. The number of hydrogen-bond donors (Lipinski definition) is 0. The molecular weight excluding hydrogens is 236 g/mol. The Morgan fingerprint density at radius 1 is 1.67 bits per heavy atom. The van der Waals surface area contributed by atoms with Crippen molar-refractivity contribution in [1.82, 2.24) is 0 Å². The quantitative estimate of drug-likeness (QED) is 0.295. The molecule has 6 nitrogen and oxygen atoms in total. The first kappa shape index (κ1) is 15.9. The van der Waals surface area contributed by atoms with E-state index in [0.717, 1.165) is 0 Å². The maximum Gasteiger partial charge on any atom is 0.306 e. The van der Waals surface area contributed by atoms with Crippen LogP contribution < -0.4 is 0 Å². The van der Waals surface area contributed by atoms with E-state index in [0.29, 0.717) is 6.42 Å². The molecule has 0 saturated heterocycles. The first-order chi connectivity index (χ1) is 8.39. The second-order valence-electron chi connectivity index (χ2n) is 4.21. The Bertz CT molecular complexity index is 394. The normalized spacial score (nSPS) is 14.7. The lowest BCUT2D eigenvalue weighted by Crippen LogP contribution is -2.33. The third kappa shape index (κ3) is 4.84. The SMILES string of the molecule is C#C[C@](C)(CCC#N)[C@@H](CC(=O)OC)C[N+](=O)[O-]. The summed E-state index contributed by atoms with van der Waals surface area (Å²) in [5.41, 5.74) is -0.864. The summed E-state index contributed by atoms with van der Waals surface area (Å²) in [5.74, 6) is 1.30. The highest BCUT2D eigenvalue weighted by molar-refractivity contribution is 5.69. The second-order valence-corrected chi connectivity index (χ2v) is 4.21. The van der Waals surface area contributed by atoms with E-state index in [2.05, 4.69) is 10.7 Å². The summed E-state index contributed by atoms with van der Waals surface area (Å²) in [4.78, 5) is 21.4. The van der Waals surface area contributed by atoms with Crippen molar-refractivity contribution in [2.45, 2.75) is 26.2 Å². The largest absolute Gasteiger partial charge is 0.469 e. The van der Waals surface area contributed by atoms with Crippen molar-refractivity contribution < 1.29 is 14.5 Å². The molecule has 0 rings (SSSR count). The number of terminal acetylenes is 1. The monoisotopic (exact) mass is 252 g/mol. The predicted octanol–water partition coefficient (Wildman–Crippen LogP) is 1.39. The van der Waals surface area contributed by atoms with Gasteiger partial charge in [0.1, 0.15) is 0 Å². The van der Waals surface area contributed by atoms with Crippen molar-refractivity contribution in [3.8, 4) is 18.4 Å². The molecular formula is C12H16N2O4. The third-order valence-electron chi connectivity index (χ3n) is 3.00. The maximum atomic E-state index is 11.3. The average Bonchev–Trinajstić information content (AvgIpc) is 2.34. The summed E-state index contributed by atoms with van der Waals surface area (Å²) in [6.07, 6.45) is 5.79. The number of ether oxygens (including phenoxy) is 1. The topological polar surface area (TPSA) is 93.2 Å². The van der Waals surface area contributed by atoms with Gasteiger partial charge in [-0.05, 0) is 13.3 Å². The fourth-order valence-electron chi connectivity index (χ4n) is 1.67. The van der Waals surface area contributed by atoms with Crippen molar-refractivity contribution >= 4 is 5.97 Å². The highest BCUT2D eigenvalue weighted by Crippen LogP contribution is 2.34. The van der Waals surface area contributed by atoms with Gasteiger partial charge in [0.15, 0.2) is 0 Å². The zero-order valence-electron chi connectivity index (χ0n) is 10.5. The van der Waals surface area contributed by atoms with Gasteiger partial charge in [0.25, 0.3) is 0 Å². The van der Waals surface area contributed by atoms with Crippen molar-refractivity contribution in [3.05, 3.63) is 10.1 Å². The number of carbonyl (C=O) groups is 1. The Hall–Kier alpha value is -2.08. The number of carbonyl (C=O) groups excluding carboxylic acids is 1. The van der Waals surface area contributed by atoms with E-state index in [-0.39, 0.29) is 12.8 Å². The lowest BCUT2D eigenvalue weighted by atomic mass is 9.73. The molecule has 0 radical (unpaired) electrons. The van der Waals surface area contributed by atoms with Crippen molar-refractivity contribution in [3.63, 3.8) is 0 Å². The minimum absolute atomic E-state index is 0.121. The van der Waals surface area contributed by atoms with Crippen LogP contribution in [0.2, 0.25) is 0 Å². The molecule has 0 aliphatic rings. The molecule has 2 atom stereocenters. The fourth-order valence-corrected chi connectivity index (χ4v) is 1.67. The summed E-state index contributed by atoms with van der Waals surface area (Å²) in [7, 11) is 1.22. The van der Waals surface area contributed by atoms with Gasteiger partial charge in [-0.25, -0.2) is 0 Å². The Balaban J connectivity index is 5.00. The molecule has 0 spiro atoms. The zero-order chi connectivity index (χ0) is 14.2. The van der Waals surface area contributed by atoms with Gasteiger partial charge in [0.2, 0.25) is 6.54 Å². The molecule has 0 amide bonds. The average molecular weight is 252 g/mol. The van der Waals surface area contributed by atoms with Crippen LogP contribution in [-0.2, 0) is 9.53 Å². The minimum atomic E-state index is -0.864. The van der Waals surface area contributed by atoms with Crippen LogP contribution in [0.15, 0.2) is 0 Å². The van der Waals surface area contributed by atoms with Gasteiger partial charge in [0.05, 0.1) is 25.5 Å². The van der Waals surface area contributed by atoms with Crippen LogP contribution in [0.5, 0.6) is 0 Å². The summed E-state index contributed by atoms with van der Waals surface area (Å²) in [6, 6.07) is 1.95. The van der Waals surface area contributed by atoms with E-state index < -0.39 is 28.8 Å². The molecule has 0 unspecified atom stereocenters. The third-order valence-corrected chi connectivity index (χ3v) is 3.00. The lowest BCUT2D eigenvalue weighted by molar-refractivity contribution is -0.491. The van der Waals surface area contributed by atoms with Gasteiger partial charge in [-0.15, -0.1) is 6.42 Å². The summed E-state index contributed by atoms with van der Waals surface area (Å²) in [5, 5.41) is 19.2. The molecule has 0 aromatic carbocycles.